The van der Waals surface area contributed by atoms with Gasteiger partial charge in [0.15, 0.2) is 11.2 Å². The van der Waals surface area contributed by atoms with Crippen LogP contribution >= 0.6 is 15.9 Å². The highest BCUT2D eigenvalue weighted by molar-refractivity contribution is 9.15. The van der Waals surface area contributed by atoms with Crippen molar-refractivity contribution in [3.63, 3.8) is 0 Å². The molecule has 0 spiro atoms. The number of halogens is 1. The lowest BCUT2D eigenvalue weighted by molar-refractivity contribution is 0.103. The van der Waals surface area contributed by atoms with Gasteiger partial charge in [0.2, 0.25) is 0 Å². The summed E-state index contributed by atoms with van der Waals surface area (Å²) in [5, 5.41) is 0. The van der Waals surface area contributed by atoms with Crippen LogP contribution in [-0.4, -0.2) is 5.78 Å². The van der Waals surface area contributed by atoms with E-state index < -0.39 is 0 Å². The van der Waals surface area contributed by atoms with Crippen molar-refractivity contribution in [2.45, 2.75) is 26.7 Å². The number of carbonyl (C=O) groups is 1. The van der Waals surface area contributed by atoms with E-state index in [1.165, 1.54) is 6.07 Å². The van der Waals surface area contributed by atoms with E-state index in [2.05, 4.69) is 15.9 Å². The second-order valence-corrected chi connectivity index (χ2v) is 5.38. The van der Waals surface area contributed by atoms with Crippen molar-refractivity contribution >= 4 is 26.2 Å². The third kappa shape index (κ3) is 2.00. The predicted molar refractivity (Wildman–Crippen MR) is 72.7 cm³/mol. The van der Waals surface area contributed by atoms with Crippen LogP contribution in [0, 0.1) is 0 Å². The molecule has 2 nitrogen and oxygen atoms in total. The van der Waals surface area contributed by atoms with Crippen LogP contribution in [0.3, 0.4) is 0 Å². The summed E-state index contributed by atoms with van der Waals surface area (Å²) in [7, 11) is 0. The van der Waals surface area contributed by atoms with Crippen LogP contribution in [0.15, 0.2) is 28.6 Å². The normalized spacial score (nSPS) is 14.5. The number of Topliss-reactive ketones (excluding diaryl/α,β-unsaturated/α-hetero) is 1. The zero-order valence-corrected chi connectivity index (χ0v) is 11.6. The Labute approximate surface area is 108 Å². The Morgan fingerprint density at radius 1 is 1.06 bits per heavy atom. The summed E-state index contributed by atoms with van der Waals surface area (Å²) >= 11 is 3.38. The average Bonchev–Trinajstić information content (AvgIpc) is 2.46. The van der Waals surface area contributed by atoms with Gasteiger partial charge in [0.1, 0.15) is 0 Å². The zero-order valence-electron chi connectivity index (χ0n) is 10.0. The summed E-state index contributed by atoms with van der Waals surface area (Å²) in [5.41, 5.74) is 2.85. The molecule has 0 heterocycles. The van der Waals surface area contributed by atoms with Gasteiger partial charge in [0.05, 0.1) is 0 Å². The Hall–Kier alpha value is -1.22. The van der Waals surface area contributed by atoms with Gasteiger partial charge in [-0.1, -0.05) is 13.8 Å². The molecule has 88 valence electrons. The van der Waals surface area contributed by atoms with E-state index in [1.54, 1.807) is 13.0 Å². The lowest BCUT2D eigenvalue weighted by atomic mass is 10.0. The molecule has 1 aliphatic carbocycles. The maximum atomic E-state index is 12.0. The number of ketones is 1. The Kier molecular flexibility index (Phi) is 3.04. The van der Waals surface area contributed by atoms with E-state index in [0.717, 1.165) is 10.0 Å². The standard InChI is InChI=1S/C14H13BrO2/c1-7(2)9-4-10(16)6-11-12(5-9)14(17)8(3)13(11)15/h4-7H,1-3H3. The molecule has 2 rings (SSSR count). The molecule has 0 aliphatic heterocycles. The average molecular weight is 293 g/mol. The lowest BCUT2D eigenvalue weighted by Gasteiger charge is -2.01. The molecule has 0 N–H and O–H groups in total. The Balaban J connectivity index is 2.80. The first-order valence-corrected chi connectivity index (χ1v) is 6.32. The molecule has 1 aromatic carbocycles. The molecule has 0 aromatic heterocycles. The fourth-order valence-corrected chi connectivity index (χ4v) is 2.43. The van der Waals surface area contributed by atoms with Crippen molar-refractivity contribution in [3.05, 3.63) is 50.7 Å². The van der Waals surface area contributed by atoms with E-state index in [1.807, 2.05) is 19.9 Å². The van der Waals surface area contributed by atoms with Gasteiger partial charge >= 0.3 is 0 Å². The zero-order chi connectivity index (χ0) is 12.7. The fraction of sp³-hybridized carbons (Fsp3) is 0.286. The molecule has 0 radical (unpaired) electrons. The van der Waals surface area contributed by atoms with Gasteiger partial charge in [-0.05, 0) is 52.5 Å². The highest BCUT2D eigenvalue weighted by atomic mass is 79.9. The van der Waals surface area contributed by atoms with Crippen LogP contribution in [0.5, 0.6) is 0 Å². The van der Waals surface area contributed by atoms with E-state index >= 15 is 0 Å². The van der Waals surface area contributed by atoms with Crippen LogP contribution in [0.25, 0.3) is 4.48 Å². The molecular weight excluding hydrogens is 280 g/mol. The van der Waals surface area contributed by atoms with Crippen LogP contribution in [0.4, 0.5) is 0 Å². The monoisotopic (exact) mass is 292 g/mol. The van der Waals surface area contributed by atoms with E-state index in [-0.39, 0.29) is 17.1 Å². The molecular formula is C14H13BrO2. The quantitative estimate of drug-likeness (QED) is 0.794. The molecule has 1 aromatic rings. The molecule has 1 aliphatic rings. The fourth-order valence-electron chi connectivity index (χ4n) is 1.92. The summed E-state index contributed by atoms with van der Waals surface area (Å²) in [5.74, 6) is 0.232. The van der Waals surface area contributed by atoms with Crippen molar-refractivity contribution in [2.24, 2.45) is 0 Å². The minimum atomic E-state index is -0.0607. The lowest BCUT2D eigenvalue weighted by Crippen LogP contribution is -1.96. The summed E-state index contributed by atoms with van der Waals surface area (Å²) in [6.45, 7) is 5.79. The molecule has 0 bridgehead atoms. The summed E-state index contributed by atoms with van der Waals surface area (Å²) in [6.07, 6.45) is 0. The van der Waals surface area contributed by atoms with Crippen LogP contribution in [0.1, 0.15) is 48.2 Å². The van der Waals surface area contributed by atoms with E-state index in [9.17, 15) is 9.59 Å². The van der Waals surface area contributed by atoms with Crippen molar-refractivity contribution < 1.29 is 4.79 Å². The first kappa shape index (κ1) is 12.2. The van der Waals surface area contributed by atoms with Crippen molar-refractivity contribution in [3.8, 4) is 0 Å². The number of allylic oxidation sites excluding steroid dienone is 1. The molecule has 0 saturated heterocycles. The molecule has 0 unspecified atom stereocenters. The van der Waals surface area contributed by atoms with Gasteiger partial charge in [-0.25, -0.2) is 0 Å². The largest absolute Gasteiger partial charge is 0.290 e. The molecule has 0 atom stereocenters. The molecule has 0 saturated carbocycles. The van der Waals surface area contributed by atoms with Gasteiger partial charge in [-0.3, -0.25) is 9.59 Å². The maximum absolute atomic E-state index is 12.0. The first-order chi connectivity index (χ1) is 7.91. The Bertz CT molecular complexity index is 598. The van der Waals surface area contributed by atoms with Crippen molar-refractivity contribution in [1.82, 2.24) is 0 Å². The topological polar surface area (TPSA) is 34.1 Å². The first-order valence-electron chi connectivity index (χ1n) is 5.52. The number of hydrogen-bond acceptors (Lipinski definition) is 2. The van der Waals surface area contributed by atoms with E-state index in [4.69, 9.17) is 0 Å². The summed E-state index contributed by atoms with van der Waals surface area (Å²) < 4.78 is 0.737. The summed E-state index contributed by atoms with van der Waals surface area (Å²) in [4.78, 5) is 23.8. The minimum absolute atomic E-state index is 0.00405. The second kappa shape index (κ2) is 4.22. The Morgan fingerprint density at radius 3 is 2.29 bits per heavy atom. The highest BCUT2D eigenvalue weighted by Gasteiger charge is 2.25. The maximum Gasteiger partial charge on any atom is 0.190 e. The van der Waals surface area contributed by atoms with E-state index in [0.29, 0.717) is 16.7 Å². The van der Waals surface area contributed by atoms with Gasteiger partial charge in [-0.2, -0.15) is 0 Å². The third-order valence-electron chi connectivity index (χ3n) is 3.01. The third-order valence-corrected chi connectivity index (χ3v) is 4.04. The molecule has 17 heavy (non-hydrogen) atoms. The predicted octanol–water partition coefficient (Wildman–Crippen LogP) is 3.49. The van der Waals surface area contributed by atoms with Crippen molar-refractivity contribution in [1.29, 1.82) is 0 Å². The van der Waals surface area contributed by atoms with Crippen LogP contribution < -0.4 is 5.43 Å². The second-order valence-electron chi connectivity index (χ2n) is 4.59. The van der Waals surface area contributed by atoms with Crippen molar-refractivity contribution in [2.75, 3.05) is 0 Å². The van der Waals surface area contributed by atoms with Crippen LogP contribution in [-0.2, 0) is 0 Å². The number of hydrogen-bond donors (Lipinski definition) is 0. The smallest absolute Gasteiger partial charge is 0.190 e. The van der Waals surface area contributed by atoms with Gasteiger partial charge in [0.25, 0.3) is 0 Å². The summed E-state index contributed by atoms with van der Waals surface area (Å²) in [6, 6.07) is 4.97. The highest BCUT2D eigenvalue weighted by Crippen LogP contribution is 2.36. The molecule has 0 fully saturated rings. The number of carbonyl (C=O) groups excluding carboxylic acids is 1. The Morgan fingerprint density at radius 2 is 1.71 bits per heavy atom. The molecule has 3 heteroatoms. The van der Waals surface area contributed by atoms with Gasteiger partial charge in [0, 0.05) is 21.2 Å². The number of rotatable bonds is 1. The minimum Gasteiger partial charge on any atom is -0.290 e. The van der Waals surface area contributed by atoms with Gasteiger partial charge in [-0.15, -0.1) is 0 Å². The van der Waals surface area contributed by atoms with Gasteiger partial charge < -0.3 is 0 Å². The SMILES string of the molecule is CC1=C(Br)c2cc(=O)cc(C(C)C)cc2C1=O. The molecule has 0 amide bonds. The van der Waals surface area contributed by atoms with Crippen LogP contribution in [0.2, 0.25) is 0 Å². The number of fused-ring (bicyclic) bond motifs is 1.